The summed E-state index contributed by atoms with van der Waals surface area (Å²) >= 11 is 0. The first-order valence-electron chi connectivity index (χ1n) is 7.00. The average Bonchev–Trinajstić information content (AvgIpc) is 2.56. The number of carbonyl (C=O) groups is 2. The van der Waals surface area contributed by atoms with Gasteiger partial charge in [-0.05, 0) is 18.2 Å². The average molecular weight is 326 g/mol. The number of anilines is 1. The topological polar surface area (TPSA) is 171 Å². The predicted molar refractivity (Wildman–Crippen MR) is 83.7 cm³/mol. The molecule has 9 nitrogen and oxygen atoms in total. The number of aliphatic hydroxyl groups is 3. The Balaban J connectivity index is 2.94. The lowest BCUT2D eigenvalue weighted by Crippen LogP contribution is -2.43. The van der Waals surface area contributed by atoms with Crippen molar-refractivity contribution in [2.75, 3.05) is 32.1 Å². The molecule has 128 valence electrons. The summed E-state index contributed by atoms with van der Waals surface area (Å²) in [5.41, 5.74) is 11.5. The van der Waals surface area contributed by atoms with Crippen LogP contribution in [-0.2, 0) is 0 Å². The molecule has 0 radical (unpaired) electrons. The van der Waals surface area contributed by atoms with Gasteiger partial charge >= 0.3 is 0 Å². The molecule has 0 spiro atoms. The van der Waals surface area contributed by atoms with Crippen LogP contribution in [-0.4, -0.2) is 65.6 Å². The molecule has 0 bridgehead atoms. The van der Waals surface area contributed by atoms with Gasteiger partial charge in [0.15, 0.2) is 0 Å². The highest BCUT2D eigenvalue weighted by atomic mass is 16.3. The summed E-state index contributed by atoms with van der Waals surface area (Å²) in [4.78, 5) is 24.1. The maximum absolute atomic E-state index is 12.1. The van der Waals surface area contributed by atoms with Crippen LogP contribution >= 0.6 is 0 Å². The molecular weight excluding hydrogens is 304 g/mol. The van der Waals surface area contributed by atoms with Gasteiger partial charge in [-0.15, -0.1) is 0 Å². The molecule has 1 unspecified atom stereocenters. The Morgan fingerprint density at radius 2 is 1.35 bits per heavy atom. The van der Waals surface area contributed by atoms with E-state index in [-0.39, 0.29) is 30.0 Å². The summed E-state index contributed by atoms with van der Waals surface area (Å²) in [6.45, 7) is -1.10. The van der Waals surface area contributed by atoms with Crippen LogP contribution < -0.4 is 22.1 Å². The van der Waals surface area contributed by atoms with E-state index >= 15 is 0 Å². The molecule has 0 saturated heterocycles. The van der Waals surface area contributed by atoms with Gasteiger partial charge in [-0.3, -0.25) is 9.59 Å². The zero-order chi connectivity index (χ0) is 17.4. The SMILES string of the molecule is NCC(CO)NC(=O)c1cc(N)cc(C(=O)NC(CO)CO)c1. The third-order valence-corrected chi connectivity index (χ3v) is 3.10. The van der Waals surface area contributed by atoms with E-state index in [0.717, 1.165) is 0 Å². The molecule has 0 saturated carbocycles. The molecule has 1 aromatic carbocycles. The van der Waals surface area contributed by atoms with Gasteiger partial charge in [0.1, 0.15) is 0 Å². The van der Waals surface area contributed by atoms with E-state index in [4.69, 9.17) is 26.8 Å². The number of hydrogen-bond donors (Lipinski definition) is 7. The molecule has 1 aromatic rings. The van der Waals surface area contributed by atoms with Gasteiger partial charge in [-0.2, -0.15) is 0 Å². The maximum Gasteiger partial charge on any atom is 0.251 e. The summed E-state index contributed by atoms with van der Waals surface area (Å²) in [7, 11) is 0. The Morgan fingerprint density at radius 3 is 1.74 bits per heavy atom. The van der Waals surface area contributed by atoms with Gasteiger partial charge in [0, 0.05) is 23.4 Å². The van der Waals surface area contributed by atoms with Crippen molar-refractivity contribution in [3.63, 3.8) is 0 Å². The van der Waals surface area contributed by atoms with E-state index in [1.54, 1.807) is 0 Å². The first kappa shape index (κ1) is 18.8. The second-order valence-corrected chi connectivity index (χ2v) is 4.97. The molecule has 0 aliphatic carbocycles. The van der Waals surface area contributed by atoms with Crippen LogP contribution in [0.25, 0.3) is 0 Å². The van der Waals surface area contributed by atoms with Crippen molar-refractivity contribution in [1.82, 2.24) is 10.6 Å². The molecule has 23 heavy (non-hydrogen) atoms. The maximum atomic E-state index is 12.1. The zero-order valence-electron chi connectivity index (χ0n) is 12.5. The van der Waals surface area contributed by atoms with E-state index in [0.29, 0.717) is 0 Å². The van der Waals surface area contributed by atoms with Crippen molar-refractivity contribution in [1.29, 1.82) is 0 Å². The van der Waals surface area contributed by atoms with E-state index in [9.17, 15) is 9.59 Å². The van der Waals surface area contributed by atoms with Gasteiger partial charge in [0.05, 0.1) is 31.9 Å². The summed E-state index contributed by atoms with van der Waals surface area (Å²) in [5, 5.41) is 31.9. The third kappa shape index (κ3) is 5.49. The number of benzene rings is 1. The Morgan fingerprint density at radius 1 is 0.913 bits per heavy atom. The fourth-order valence-electron chi connectivity index (χ4n) is 1.78. The lowest BCUT2D eigenvalue weighted by atomic mass is 10.1. The van der Waals surface area contributed by atoms with Crippen molar-refractivity contribution in [2.24, 2.45) is 5.73 Å². The second kappa shape index (κ2) is 9.06. The van der Waals surface area contributed by atoms with Gasteiger partial charge in [-0.1, -0.05) is 0 Å². The standard InChI is InChI=1S/C14H22N4O5/c15-4-11(5-19)17-13(22)8-1-9(3-10(16)2-8)14(23)18-12(6-20)7-21/h1-3,11-12,19-21H,4-7,15-16H2,(H,17,22)(H,18,23). The summed E-state index contributed by atoms with van der Waals surface area (Å²) < 4.78 is 0. The molecule has 1 atom stereocenters. The molecule has 9 heteroatoms. The normalized spacial score (nSPS) is 12.0. The number of nitrogens with two attached hydrogens (primary N) is 2. The minimum absolute atomic E-state index is 0.0621. The summed E-state index contributed by atoms with van der Waals surface area (Å²) in [6.07, 6.45) is 0. The molecule has 1 rings (SSSR count). The zero-order valence-corrected chi connectivity index (χ0v) is 12.5. The largest absolute Gasteiger partial charge is 0.399 e. The smallest absolute Gasteiger partial charge is 0.251 e. The highest BCUT2D eigenvalue weighted by Crippen LogP contribution is 2.13. The fraction of sp³-hybridized carbons (Fsp3) is 0.429. The Hall–Kier alpha value is -2.20. The van der Waals surface area contributed by atoms with Crippen LogP contribution in [0.15, 0.2) is 18.2 Å². The van der Waals surface area contributed by atoms with Crippen LogP contribution in [0.4, 0.5) is 5.69 Å². The van der Waals surface area contributed by atoms with E-state index in [2.05, 4.69) is 10.6 Å². The molecule has 0 heterocycles. The number of nitrogen functional groups attached to an aromatic ring is 1. The third-order valence-electron chi connectivity index (χ3n) is 3.10. The van der Waals surface area contributed by atoms with Crippen LogP contribution in [0.3, 0.4) is 0 Å². The Bertz CT molecular complexity index is 500. The van der Waals surface area contributed by atoms with Gasteiger partial charge in [0.2, 0.25) is 0 Å². The van der Waals surface area contributed by atoms with Crippen molar-refractivity contribution >= 4 is 17.5 Å². The second-order valence-electron chi connectivity index (χ2n) is 4.97. The number of nitrogens with one attached hydrogen (secondary N) is 2. The van der Waals surface area contributed by atoms with Crippen LogP contribution in [0, 0.1) is 0 Å². The summed E-state index contributed by atoms with van der Waals surface area (Å²) in [5.74, 6) is -1.12. The first-order chi connectivity index (χ1) is 10.9. The number of carbonyl (C=O) groups excluding carboxylic acids is 2. The number of aliphatic hydroxyl groups excluding tert-OH is 3. The van der Waals surface area contributed by atoms with Crippen molar-refractivity contribution < 1.29 is 24.9 Å². The molecule has 0 aromatic heterocycles. The van der Waals surface area contributed by atoms with Crippen LogP contribution in [0.1, 0.15) is 20.7 Å². The number of rotatable bonds is 8. The lowest BCUT2D eigenvalue weighted by Gasteiger charge is -2.16. The number of amides is 2. The van der Waals surface area contributed by atoms with Crippen molar-refractivity contribution in [3.05, 3.63) is 29.3 Å². The van der Waals surface area contributed by atoms with Gasteiger partial charge < -0.3 is 37.4 Å². The van der Waals surface area contributed by atoms with E-state index in [1.807, 2.05) is 0 Å². The van der Waals surface area contributed by atoms with E-state index in [1.165, 1.54) is 18.2 Å². The number of hydrogen-bond acceptors (Lipinski definition) is 7. The summed E-state index contributed by atoms with van der Waals surface area (Å²) in [6, 6.07) is 2.65. The lowest BCUT2D eigenvalue weighted by molar-refractivity contribution is 0.0879. The first-order valence-corrected chi connectivity index (χ1v) is 7.00. The van der Waals surface area contributed by atoms with Gasteiger partial charge in [0.25, 0.3) is 11.8 Å². The van der Waals surface area contributed by atoms with E-state index < -0.39 is 37.1 Å². The predicted octanol–water partition coefficient (Wildman–Crippen LogP) is -2.60. The highest BCUT2D eigenvalue weighted by molar-refractivity contribution is 6.01. The van der Waals surface area contributed by atoms with Crippen molar-refractivity contribution in [3.8, 4) is 0 Å². The van der Waals surface area contributed by atoms with Gasteiger partial charge in [-0.25, -0.2) is 0 Å². The van der Waals surface area contributed by atoms with Crippen LogP contribution in [0.5, 0.6) is 0 Å². The molecule has 0 aliphatic rings. The Kier molecular flexibility index (Phi) is 7.42. The van der Waals surface area contributed by atoms with Crippen LogP contribution in [0.2, 0.25) is 0 Å². The molecule has 0 aliphatic heterocycles. The highest BCUT2D eigenvalue weighted by Gasteiger charge is 2.17. The molecule has 0 fully saturated rings. The monoisotopic (exact) mass is 326 g/mol. The van der Waals surface area contributed by atoms with Crippen molar-refractivity contribution in [2.45, 2.75) is 12.1 Å². The minimum atomic E-state index is -0.808. The fourth-order valence-corrected chi connectivity index (χ4v) is 1.78. The minimum Gasteiger partial charge on any atom is -0.399 e. The quantitative estimate of drug-likeness (QED) is 0.257. The molecule has 2 amide bonds. The molecular formula is C14H22N4O5. The molecule has 9 N–H and O–H groups in total. The Labute approximate surface area is 133 Å².